The molecule has 1 aliphatic carbocycles. The molecule has 4 rings (SSSR count). The molecule has 1 saturated carbocycles. The summed E-state index contributed by atoms with van der Waals surface area (Å²) in [5, 5.41) is 3.52. The van der Waals surface area contributed by atoms with Crippen LogP contribution in [0.4, 0.5) is 5.69 Å². The number of nitrogens with zero attached hydrogens (tertiary/aromatic N) is 1. The summed E-state index contributed by atoms with van der Waals surface area (Å²) in [5.41, 5.74) is 2.54. The molecule has 0 spiro atoms. The average molecular weight is 362 g/mol. The van der Waals surface area contributed by atoms with Gasteiger partial charge < -0.3 is 19.7 Å². The first-order chi connectivity index (χ1) is 13.2. The Hall–Kier alpha value is -3.13. The zero-order valence-electron chi connectivity index (χ0n) is 15.3. The third-order valence-corrected chi connectivity index (χ3v) is 4.80. The number of para-hydroxylation sites is 1. The molecule has 0 bridgehead atoms. The number of benzene rings is 2. The average Bonchev–Trinajstić information content (AvgIpc) is 3.52. The summed E-state index contributed by atoms with van der Waals surface area (Å²) in [4.78, 5) is 15.1. The van der Waals surface area contributed by atoms with E-state index < -0.39 is 0 Å². The van der Waals surface area contributed by atoms with Gasteiger partial charge in [0.1, 0.15) is 12.8 Å². The minimum absolute atomic E-state index is 0.0717. The van der Waals surface area contributed by atoms with Crippen LogP contribution in [-0.2, 0) is 0 Å². The lowest BCUT2D eigenvalue weighted by Crippen LogP contribution is -2.44. The number of anilines is 1. The molecular weight excluding hydrogens is 340 g/mol. The Morgan fingerprint density at radius 2 is 2.00 bits per heavy atom. The third kappa shape index (κ3) is 3.31. The largest absolute Gasteiger partial charge is 0.490 e. The summed E-state index contributed by atoms with van der Waals surface area (Å²) in [7, 11) is 0. The lowest BCUT2D eigenvalue weighted by atomic mass is 10.0. The van der Waals surface area contributed by atoms with Crippen molar-refractivity contribution in [2.45, 2.75) is 32.0 Å². The van der Waals surface area contributed by atoms with Crippen molar-refractivity contribution in [3.05, 3.63) is 53.6 Å². The van der Waals surface area contributed by atoms with Crippen LogP contribution in [0.1, 0.15) is 41.9 Å². The molecule has 1 fully saturated rings. The number of nitrogens with one attached hydrogen (secondary N) is 1. The molecule has 1 aliphatic heterocycles. The Morgan fingerprint density at radius 3 is 2.74 bits per heavy atom. The van der Waals surface area contributed by atoms with Gasteiger partial charge in [-0.05, 0) is 49.6 Å². The number of fused-ring (bicyclic) bond motifs is 1. The predicted octanol–water partition coefficient (Wildman–Crippen LogP) is 3.83. The lowest BCUT2D eigenvalue weighted by Gasteiger charge is -2.38. The van der Waals surface area contributed by atoms with Crippen molar-refractivity contribution in [2.75, 3.05) is 18.5 Å². The van der Waals surface area contributed by atoms with E-state index in [0.717, 1.165) is 29.7 Å². The van der Waals surface area contributed by atoms with Crippen molar-refractivity contribution in [1.82, 2.24) is 4.90 Å². The van der Waals surface area contributed by atoms with Crippen LogP contribution < -0.4 is 14.8 Å². The number of carbonyl (C=O) groups excluding carboxylic acids is 1. The van der Waals surface area contributed by atoms with E-state index >= 15 is 0 Å². The van der Waals surface area contributed by atoms with Crippen LogP contribution in [0.5, 0.6) is 11.5 Å². The standard InChI is InChI=1S/C22H22N2O3/c1-3-13-27-19-12-9-15(14-20(19)26-4-2)21-23-18-8-6-5-7-17(18)22(25)24(21)16-10-11-16/h1,5-9,12,14,16,21,23H,4,10-11,13H2,2H3/t21-/m1/s1. The molecule has 2 aromatic rings. The highest BCUT2D eigenvalue weighted by Gasteiger charge is 2.42. The molecule has 1 N–H and O–H groups in total. The SMILES string of the molecule is C#CCOc1ccc([C@@H]2Nc3ccccc3C(=O)N2C2CC2)cc1OCC. The van der Waals surface area contributed by atoms with Gasteiger partial charge in [-0.1, -0.05) is 24.1 Å². The van der Waals surface area contributed by atoms with Crippen LogP contribution in [0.2, 0.25) is 0 Å². The van der Waals surface area contributed by atoms with E-state index in [4.69, 9.17) is 15.9 Å². The lowest BCUT2D eigenvalue weighted by molar-refractivity contribution is 0.0666. The first-order valence-corrected chi connectivity index (χ1v) is 9.24. The van der Waals surface area contributed by atoms with E-state index in [1.807, 2.05) is 54.3 Å². The first kappa shape index (κ1) is 17.3. The Bertz CT molecular complexity index is 899. The second-order valence-electron chi connectivity index (χ2n) is 6.67. The number of ether oxygens (including phenoxy) is 2. The van der Waals surface area contributed by atoms with Crippen molar-refractivity contribution < 1.29 is 14.3 Å². The molecule has 2 aromatic carbocycles. The Morgan fingerprint density at radius 1 is 1.19 bits per heavy atom. The Labute approximate surface area is 159 Å². The quantitative estimate of drug-likeness (QED) is 0.794. The molecule has 0 aromatic heterocycles. The van der Waals surface area contributed by atoms with Crippen molar-refractivity contribution in [1.29, 1.82) is 0 Å². The van der Waals surface area contributed by atoms with Crippen LogP contribution in [0.15, 0.2) is 42.5 Å². The predicted molar refractivity (Wildman–Crippen MR) is 104 cm³/mol. The van der Waals surface area contributed by atoms with Crippen molar-refractivity contribution in [3.8, 4) is 23.8 Å². The topological polar surface area (TPSA) is 50.8 Å². The maximum Gasteiger partial charge on any atom is 0.258 e. The van der Waals surface area contributed by atoms with Crippen LogP contribution >= 0.6 is 0 Å². The molecular formula is C22H22N2O3. The molecule has 1 heterocycles. The van der Waals surface area contributed by atoms with Gasteiger partial charge >= 0.3 is 0 Å². The number of amides is 1. The summed E-state index contributed by atoms with van der Waals surface area (Å²) in [6.07, 6.45) is 7.13. The van der Waals surface area contributed by atoms with Crippen LogP contribution in [0, 0.1) is 12.3 Å². The summed E-state index contributed by atoms with van der Waals surface area (Å²) in [6, 6.07) is 13.7. The van der Waals surface area contributed by atoms with E-state index in [0.29, 0.717) is 18.1 Å². The zero-order chi connectivity index (χ0) is 18.8. The summed E-state index contributed by atoms with van der Waals surface area (Å²) in [6.45, 7) is 2.62. The van der Waals surface area contributed by atoms with E-state index in [1.165, 1.54) is 0 Å². The fraction of sp³-hybridized carbons (Fsp3) is 0.318. The molecule has 138 valence electrons. The van der Waals surface area contributed by atoms with E-state index in [1.54, 1.807) is 0 Å². The van der Waals surface area contributed by atoms with Crippen molar-refractivity contribution in [3.63, 3.8) is 0 Å². The summed E-state index contributed by atoms with van der Waals surface area (Å²) >= 11 is 0. The van der Waals surface area contributed by atoms with E-state index in [-0.39, 0.29) is 24.7 Å². The monoisotopic (exact) mass is 362 g/mol. The van der Waals surface area contributed by atoms with Gasteiger partial charge in [0, 0.05) is 11.7 Å². The number of terminal acetylenes is 1. The Balaban J connectivity index is 1.71. The van der Waals surface area contributed by atoms with Crippen LogP contribution in [0.3, 0.4) is 0 Å². The first-order valence-electron chi connectivity index (χ1n) is 9.24. The normalized spacial score (nSPS) is 18.3. The molecule has 27 heavy (non-hydrogen) atoms. The number of carbonyl (C=O) groups is 1. The smallest absolute Gasteiger partial charge is 0.258 e. The molecule has 1 atom stereocenters. The number of hydrogen-bond acceptors (Lipinski definition) is 4. The van der Waals surface area contributed by atoms with E-state index in [2.05, 4.69) is 11.2 Å². The maximum absolute atomic E-state index is 13.1. The van der Waals surface area contributed by atoms with Gasteiger partial charge in [-0.25, -0.2) is 0 Å². The maximum atomic E-state index is 13.1. The molecule has 5 heteroatoms. The highest BCUT2D eigenvalue weighted by Crippen LogP contribution is 2.42. The number of hydrogen-bond donors (Lipinski definition) is 1. The fourth-order valence-corrected chi connectivity index (χ4v) is 3.44. The van der Waals surface area contributed by atoms with Gasteiger partial charge in [-0.15, -0.1) is 6.42 Å². The molecule has 0 saturated heterocycles. The van der Waals surface area contributed by atoms with Crippen molar-refractivity contribution >= 4 is 11.6 Å². The molecule has 1 amide bonds. The van der Waals surface area contributed by atoms with Gasteiger partial charge in [0.05, 0.1) is 12.2 Å². The van der Waals surface area contributed by atoms with Crippen LogP contribution in [0.25, 0.3) is 0 Å². The summed E-state index contributed by atoms with van der Waals surface area (Å²) < 4.78 is 11.3. The van der Waals surface area contributed by atoms with Crippen molar-refractivity contribution in [2.24, 2.45) is 0 Å². The molecule has 0 unspecified atom stereocenters. The highest BCUT2D eigenvalue weighted by molar-refractivity contribution is 6.02. The van der Waals surface area contributed by atoms with Gasteiger partial charge in [0.2, 0.25) is 0 Å². The minimum Gasteiger partial charge on any atom is -0.490 e. The van der Waals surface area contributed by atoms with Gasteiger partial charge in [0.25, 0.3) is 5.91 Å². The summed E-state index contributed by atoms with van der Waals surface area (Å²) in [5.74, 6) is 3.78. The van der Waals surface area contributed by atoms with E-state index in [9.17, 15) is 4.79 Å². The Kier molecular flexibility index (Phi) is 4.64. The second kappa shape index (κ2) is 7.24. The number of rotatable bonds is 6. The van der Waals surface area contributed by atoms with Crippen LogP contribution in [-0.4, -0.2) is 30.1 Å². The highest BCUT2D eigenvalue weighted by atomic mass is 16.5. The molecule has 0 radical (unpaired) electrons. The van der Waals surface area contributed by atoms with Gasteiger partial charge in [-0.2, -0.15) is 0 Å². The van der Waals surface area contributed by atoms with Gasteiger partial charge in [-0.3, -0.25) is 4.79 Å². The minimum atomic E-state index is -0.235. The third-order valence-electron chi connectivity index (χ3n) is 4.80. The molecule has 5 nitrogen and oxygen atoms in total. The zero-order valence-corrected chi connectivity index (χ0v) is 15.3. The second-order valence-corrected chi connectivity index (χ2v) is 6.67. The fourth-order valence-electron chi connectivity index (χ4n) is 3.44. The van der Waals surface area contributed by atoms with Gasteiger partial charge in [0.15, 0.2) is 11.5 Å². The molecule has 2 aliphatic rings.